The molecule has 0 radical (unpaired) electrons. The average molecular weight is 398 g/mol. The number of rotatable bonds is 6. The van der Waals surface area contributed by atoms with Crippen LogP contribution in [0.1, 0.15) is 65.5 Å². The highest BCUT2D eigenvalue weighted by molar-refractivity contribution is 5.97. The van der Waals surface area contributed by atoms with E-state index in [0.717, 1.165) is 36.9 Å². The maximum Gasteiger partial charge on any atom is 0.287 e. The van der Waals surface area contributed by atoms with Gasteiger partial charge in [0.1, 0.15) is 5.69 Å². The molecular formula is C21H26N4O4. The van der Waals surface area contributed by atoms with Gasteiger partial charge in [-0.25, -0.2) is 4.98 Å². The molecule has 1 unspecified atom stereocenters. The Morgan fingerprint density at radius 2 is 2.03 bits per heavy atom. The Kier molecular flexibility index (Phi) is 5.42. The molecule has 1 aromatic heterocycles. The van der Waals surface area contributed by atoms with E-state index in [9.17, 15) is 9.59 Å². The minimum atomic E-state index is -0.268. The number of amides is 2. The van der Waals surface area contributed by atoms with Gasteiger partial charge in [-0.05, 0) is 50.3 Å². The minimum Gasteiger partial charge on any atom is -0.454 e. The van der Waals surface area contributed by atoms with E-state index in [4.69, 9.17) is 9.47 Å². The predicted octanol–water partition coefficient (Wildman–Crippen LogP) is 2.41. The summed E-state index contributed by atoms with van der Waals surface area (Å²) < 4.78 is 12.6. The zero-order valence-corrected chi connectivity index (χ0v) is 16.8. The second kappa shape index (κ2) is 8.14. The fraction of sp³-hybridized carbons (Fsp3) is 0.476. The standard InChI is InChI=1S/C21H26N4O4/c1-3-13(2)23-21(27)19-24-18(15-6-4-5-9-25(15)19)20(26)22-11-14-7-8-16-17(10-14)29-12-28-16/h7-8,10,13H,3-6,9,11-12H2,1-2H3,(H,22,26)(H,23,27). The van der Waals surface area contributed by atoms with Gasteiger partial charge >= 0.3 is 0 Å². The lowest BCUT2D eigenvalue weighted by Crippen LogP contribution is -2.34. The number of benzene rings is 1. The van der Waals surface area contributed by atoms with Gasteiger partial charge in [-0.2, -0.15) is 0 Å². The molecular weight excluding hydrogens is 372 g/mol. The lowest BCUT2D eigenvalue weighted by atomic mass is 10.1. The maximum atomic E-state index is 12.9. The van der Waals surface area contributed by atoms with E-state index >= 15 is 0 Å². The van der Waals surface area contributed by atoms with Crippen LogP contribution in [0.4, 0.5) is 0 Å². The number of fused-ring (bicyclic) bond motifs is 2. The first-order valence-electron chi connectivity index (χ1n) is 10.1. The fourth-order valence-corrected chi connectivity index (χ4v) is 3.61. The maximum absolute atomic E-state index is 12.9. The van der Waals surface area contributed by atoms with Crippen LogP contribution in [0.25, 0.3) is 0 Å². The van der Waals surface area contributed by atoms with Crippen LogP contribution in [0.15, 0.2) is 18.2 Å². The van der Waals surface area contributed by atoms with Gasteiger partial charge < -0.3 is 24.7 Å². The molecule has 3 heterocycles. The van der Waals surface area contributed by atoms with Crippen molar-refractivity contribution in [3.05, 3.63) is 41.0 Å². The van der Waals surface area contributed by atoms with Crippen molar-refractivity contribution < 1.29 is 19.1 Å². The summed E-state index contributed by atoms with van der Waals surface area (Å²) in [5.41, 5.74) is 2.10. The number of nitrogens with zero attached hydrogens (tertiary/aromatic N) is 2. The smallest absolute Gasteiger partial charge is 0.287 e. The molecule has 4 rings (SSSR count). The summed E-state index contributed by atoms with van der Waals surface area (Å²) in [5.74, 6) is 1.22. The normalized spacial score (nSPS) is 15.5. The van der Waals surface area contributed by atoms with Crippen molar-refractivity contribution in [2.45, 2.75) is 58.7 Å². The highest BCUT2D eigenvalue weighted by atomic mass is 16.7. The molecule has 8 nitrogen and oxygen atoms in total. The van der Waals surface area contributed by atoms with E-state index in [1.807, 2.05) is 36.6 Å². The lowest BCUT2D eigenvalue weighted by Gasteiger charge is -2.18. The molecule has 1 aromatic carbocycles. The molecule has 2 aliphatic rings. The second-order valence-electron chi connectivity index (χ2n) is 7.49. The van der Waals surface area contributed by atoms with Gasteiger partial charge in [0.15, 0.2) is 17.3 Å². The number of carbonyl (C=O) groups excluding carboxylic acids is 2. The highest BCUT2D eigenvalue weighted by Gasteiger charge is 2.27. The molecule has 0 aliphatic carbocycles. The quantitative estimate of drug-likeness (QED) is 0.779. The molecule has 2 aromatic rings. The van der Waals surface area contributed by atoms with Crippen LogP contribution in [0.2, 0.25) is 0 Å². The zero-order chi connectivity index (χ0) is 20.4. The molecule has 0 fully saturated rings. The molecule has 1 atom stereocenters. The third kappa shape index (κ3) is 3.92. The molecule has 2 amide bonds. The van der Waals surface area contributed by atoms with Crippen molar-refractivity contribution in [1.29, 1.82) is 0 Å². The zero-order valence-electron chi connectivity index (χ0n) is 16.8. The first-order valence-corrected chi connectivity index (χ1v) is 10.1. The van der Waals surface area contributed by atoms with Gasteiger partial charge in [-0.1, -0.05) is 13.0 Å². The SMILES string of the molecule is CCC(C)NC(=O)c1nc(C(=O)NCc2ccc3c(c2)OCO3)c2n1CCCC2. The summed E-state index contributed by atoms with van der Waals surface area (Å²) in [7, 11) is 0. The van der Waals surface area contributed by atoms with Crippen molar-refractivity contribution in [3.63, 3.8) is 0 Å². The van der Waals surface area contributed by atoms with Crippen LogP contribution >= 0.6 is 0 Å². The third-order valence-electron chi connectivity index (χ3n) is 5.42. The summed E-state index contributed by atoms with van der Waals surface area (Å²) in [6.45, 7) is 5.24. The third-order valence-corrected chi connectivity index (χ3v) is 5.42. The fourth-order valence-electron chi connectivity index (χ4n) is 3.61. The van der Waals surface area contributed by atoms with Crippen molar-refractivity contribution in [1.82, 2.24) is 20.2 Å². The Hall–Kier alpha value is -3.03. The number of carbonyl (C=O) groups is 2. The Bertz CT molecular complexity index is 937. The van der Waals surface area contributed by atoms with Crippen molar-refractivity contribution in [2.24, 2.45) is 0 Å². The molecule has 0 bridgehead atoms. The van der Waals surface area contributed by atoms with E-state index in [2.05, 4.69) is 15.6 Å². The van der Waals surface area contributed by atoms with Gasteiger partial charge in [-0.15, -0.1) is 0 Å². The average Bonchev–Trinajstić information content (AvgIpc) is 3.36. The van der Waals surface area contributed by atoms with Gasteiger partial charge in [0.05, 0.1) is 5.69 Å². The number of ether oxygens (including phenoxy) is 2. The van der Waals surface area contributed by atoms with Gasteiger partial charge in [-0.3, -0.25) is 9.59 Å². The minimum absolute atomic E-state index is 0.0577. The Morgan fingerprint density at radius 3 is 2.86 bits per heavy atom. The Morgan fingerprint density at radius 1 is 1.21 bits per heavy atom. The van der Waals surface area contributed by atoms with E-state index in [1.165, 1.54) is 0 Å². The predicted molar refractivity (Wildman–Crippen MR) is 106 cm³/mol. The van der Waals surface area contributed by atoms with E-state index < -0.39 is 0 Å². The van der Waals surface area contributed by atoms with Crippen LogP contribution in [0, 0.1) is 0 Å². The number of hydrogen-bond donors (Lipinski definition) is 2. The number of imidazole rings is 1. The molecule has 0 spiro atoms. The topological polar surface area (TPSA) is 94.5 Å². The largest absolute Gasteiger partial charge is 0.454 e. The summed E-state index contributed by atoms with van der Waals surface area (Å²) in [4.78, 5) is 30.0. The molecule has 2 aliphatic heterocycles. The lowest BCUT2D eigenvalue weighted by molar-refractivity contribution is 0.0923. The van der Waals surface area contributed by atoms with Crippen LogP contribution < -0.4 is 20.1 Å². The summed E-state index contributed by atoms with van der Waals surface area (Å²) >= 11 is 0. The van der Waals surface area contributed by atoms with Crippen molar-refractivity contribution in [3.8, 4) is 11.5 Å². The second-order valence-corrected chi connectivity index (χ2v) is 7.49. The summed E-state index contributed by atoms with van der Waals surface area (Å²) in [6.07, 6.45) is 3.55. The monoisotopic (exact) mass is 398 g/mol. The van der Waals surface area contributed by atoms with Crippen LogP contribution in [0.3, 0.4) is 0 Å². The van der Waals surface area contributed by atoms with Crippen LogP contribution in [-0.4, -0.2) is 34.2 Å². The molecule has 29 heavy (non-hydrogen) atoms. The van der Waals surface area contributed by atoms with E-state index in [-0.39, 0.29) is 24.6 Å². The van der Waals surface area contributed by atoms with Gasteiger partial charge in [0.25, 0.3) is 11.8 Å². The highest BCUT2D eigenvalue weighted by Crippen LogP contribution is 2.32. The molecule has 8 heteroatoms. The number of nitrogens with one attached hydrogen (secondary N) is 2. The van der Waals surface area contributed by atoms with Crippen LogP contribution in [-0.2, 0) is 19.5 Å². The van der Waals surface area contributed by atoms with Crippen molar-refractivity contribution in [2.75, 3.05) is 6.79 Å². The molecule has 2 N–H and O–H groups in total. The summed E-state index contributed by atoms with van der Waals surface area (Å²) in [6, 6.07) is 5.64. The molecule has 0 saturated heterocycles. The number of hydrogen-bond acceptors (Lipinski definition) is 5. The summed E-state index contributed by atoms with van der Waals surface area (Å²) in [5, 5.41) is 5.87. The Labute approximate surface area is 169 Å². The Balaban J connectivity index is 1.51. The van der Waals surface area contributed by atoms with Crippen LogP contribution in [0.5, 0.6) is 11.5 Å². The van der Waals surface area contributed by atoms with Gasteiger partial charge in [0.2, 0.25) is 6.79 Å². The first-order chi connectivity index (χ1) is 14.1. The van der Waals surface area contributed by atoms with Crippen molar-refractivity contribution >= 4 is 11.8 Å². The molecule has 0 saturated carbocycles. The van der Waals surface area contributed by atoms with E-state index in [1.54, 1.807) is 0 Å². The van der Waals surface area contributed by atoms with E-state index in [0.29, 0.717) is 36.1 Å². The number of aromatic nitrogens is 2. The molecule has 154 valence electrons. The first kappa shape index (κ1) is 19.3. The van der Waals surface area contributed by atoms with Gasteiger partial charge in [0, 0.05) is 19.1 Å².